The summed E-state index contributed by atoms with van der Waals surface area (Å²) in [5, 5.41) is 31.9. The first-order chi connectivity index (χ1) is 37.1. The number of nitrogens with two attached hydrogens (primary N) is 6. The highest BCUT2D eigenvalue weighted by Crippen LogP contribution is 2.14. The van der Waals surface area contributed by atoms with E-state index in [0.717, 1.165) is 0 Å². The maximum atomic E-state index is 14.2. The van der Waals surface area contributed by atoms with Gasteiger partial charge >= 0.3 is 5.97 Å². The monoisotopic (exact) mass is 1140 g/mol. The van der Waals surface area contributed by atoms with Crippen LogP contribution >= 0.6 is 0 Å². The van der Waals surface area contributed by atoms with E-state index < -0.39 is 156 Å². The molecule has 0 aliphatic heterocycles. The predicted octanol–water partition coefficient (Wildman–Crippen LogP) is -4.55. The normalized spacial score (nSPS) is 15.3. The number of guanidine groups is 1. The number of primary amides is 3. The maximum absolute atomic E-state index is 14.2. The highest BCUT2D eigenvalue weighted by atomic mass is 16.4. The average molecular weight is 1140 g/mol. The highest BCUT2D eigenvalue weighted by molar-refractivity contribution is 5.99. The number of carboxylic acids is 1. The Morgan fingerprint density at radius 2 is 0.825 bits per heavy atom. The van der Waals surface area contributed by atoms with Crippen LogP contribution in [0.15, 0.2) is 4.99 Å². The van der Waals surface area contributed by atoms with E-state index in [1.165, 1.54) is 13.8 Å². The van der Waals surface area contributed by atoms with Crippen LogP contribution in [-0.2, 0) is 62.3 Å². The summed E-state index contributed by atoms with van der Waals surface area (Å²) >= 11 is 0. The summed E-state index contributed by atoms with van der Waals surface area (Å²) in [6, 6.07) is -13.2. The van der Waals surface area contributed by atoms with Gasteiger partial charge in [0.15, 0.2) is 5.96 Å². The second-order valence-corrected chi connectivity index (χ2v) is 21.0. The van der Waals surface area contributed by atoms with Crippen molar-refractivity contribution in [1.29, 1.82) is 0 Å². The summed E-state index contributed by atoms with van der Waals surface area (Å²) in [4.78, 5) is 173. The third-order valence-electron chi connectivity index (χ3n) is 12.5. The molecular formula is C50H90N16O14. The molecule has 0 aromatic heterocycles. The molecule has 0 rings (SSSR count). The molecule has 454 valence electrons. The number of nitrogens with zero attached hydrogens (tertiary/aromatic N) is 1. The molecule has 0 aliphatic carbocycles. The molecule has 0 saturated carbocycles. The van der Waals surface area contributed by atoms with Crippen molar-refractivity contribution in [3.8, 4) is 0 Å². The van der Waals surface area contributed by atoms with E-state index in [9.17, 15) is 62.3 Å². The molecule has 0 bridgehead atoms. The molecule has 0 saturated heterocycles. The maximum Gasteiger partial charge on any atom is 0.303 e. The van der Waals surface area contributed by atoms with Gasteiger partial charge in [0.05, 0.1) is 6.04 Å². The van der Waals surface area contributed by atoms with Crippen molar-refractivity contribution in [3.63, 3.8) is 0 Å². The Balaban J connectivity index is 6.56. The molecule has 11 atom stereocenters. The molecule has 30 heteroatoms. The summed E-state index contributed by atoms with van der Waals surface area (Å²) in [5.41, 5.74) is 32.8. The number of aliphatic imine (C=N–C) groups is 1. The number of carbonyl (C=O) groups excluding carboxylic acids is 12. The molecule has 22 N–H and O–H groups in total. The zero-order chi connectivity index (χ0) is 61.7. The van der Waals surface area contributed by atoms with Crippen molar-refractivity contribution in [1.82, 2.24) is 47.9 Å². The summed E-state index contributed by atoms with van der Waals surface area (Å²) in [6.07, 6.45) is -1.31. The summed E-state index contributed by atoms with van der Waals surface area (Å²) in [7, 11) is 0. The first-order valence-corrected chi connectivity index (χ1v) is 26.7. The van der Waals surface area contributed by atoms with Gasteiger partial charge in [-0.15, -0.1) is 0 Å². The van der Waals surface area contributed by atoms with Crippen LogP contribution in [0.1, 0.15) is 140 Å². The van der Waals surface area contributed by atoms with Gasteiger partial charge in [0.1, 0.15) is 54.4 Å². The van der Waals surface area contributed by atoms with Crippen LogP contribution in [0.25, 0.3) is 0 Å². The molecule has 0 aromatic rings. The van der Waals surface area contributed by atoms with Crippen molar-refractivity contribution >= 4 is 82.8 Å². The van der Waals surface area contributed by atoms with Gasteiger partial charge in [-0.05, 0) is 82.5 Å². The van der Waals surface area contributed by atoms with Crippen LogP contribution in [-0.4, -0.2) is 155 Å². The number of aliphatic carboxylic acids is 1. The third kappa shape index (κ3) is 28.8. The van der Waals surface area contributed by atoms with Gasteiger partial charge in [0.2, 0.25) is 70.9 Å². The molecule has 0 heterocycles. The molecule has 0 radical (unpaired) electrons. The van der Waals surface area contributed by atoms with Crippen LogP contribution in [0.2, 0.25) is 0 Å². The van der Waals surface area contributed by atoms with E-state index in [1.54, 1.807) is 55.4 Å². The van der Waals surface area contributed by atoms with Crippen LogP contribution in [0, 0.1) is 23.7 Å². The molecular weight excluding hydrogens is 1050 g/mol. The van der Waals surface area contributed by atoms with Crippen molar-refractivity contribution in [3.05, 3.63) is 0 Å². The van der Waals surface area contributed by atoms with Gasteiger partial charge in [-0.25, -0.2) is 0 Å². The van der Waals surface area contributed by atoms with E-state index >= 15 is 0 Å². The van der Waals surface area contributed by atoms with Gasteiger partial charge in [-0.1, -0.05) is 61.8 Å². The summed E-state index contributed by atoms with van der Waals surface area (Å²) in [6.45, 7) is 16.3. The van der Waals surface area contributed by atoms with Crippen LogP contribution in [0.4, 0.5) is 0 Å². The number of amides is 12. The van der Waals surface area contributed by atoms with Crippen molar-refractivity contribution in [2.45, 2.75) is 200 Å². The molecule has 0 fully saturated rings. The van der Waals surface area contributed by atoms with E-state index in [2.05, 4.69) is 52.8 Å². The first kappa shape index (κ1) is 72.3. The summed E-state index contributed by atoms with van der Waals surface area (Å²) < 4.78 is 0. The van der Waals surface area contributed by atoms with Crippen molar-refractivity contribution < 1.29 is 67.4 Å². The van der Waals surface area contributed by atoms with Crippen molar-refractivity contribution in [2.24, 2.45) is 63.1 Å². The second kappa shape index (κ2) is 36.5. The average Bonchev–Trinajstić information content (AvgIpc) is 3.35. The van der Waals surface area contributed by atoms with E-state index in [4.69, 9.17) is 39.5 Å². The Labute approximate surface area is 466 Å². The van der Waals surface area contributed by atoms with E-state index in [1.807, 2.05) is 0 Å². The highest BCUT2D eigenvalue weighted by Gasteiger charge is 2.36. The van der Waals surface area contributed by atoms with Gasteiger partial charge in [-0.3, -0.25) is 67.3 Å². The minimum atomic E-state index is -1.48. The Morgan fingerprint density at radius 3 is 1.29 bits per heavy atom. The fourth-order valence-electron chi connectivity index (χ4n) is 7.61. The molecule has 12 amide bonds. The Morgan fingerprint density at radius 1 is 0.438 bits per heavy atom. The number of carboxylic acid groups (broad SMARTS) is 1. The first-order valence-electron chi connectivity index (χ1n) is 26.7. The standard InChI is InChI=1S/C50H90N16O14/c1-11-26(8)39(49(80)64-33(21-23(2)3)46(77)59-28(10)42(73)65-38(25(6)7)48(79)60-30(40(54)71)16-19-37(69)70)66-45(76)31(13-12-20-57-50(55)56)61-41(72)27(9)58-44(75)32(15-18-36(53)68)62-47(78)34(22-24(4)5)63-43(74)29(51)14-17-35(52)67/h23-34,38-39H,11-22,51H2,1-10H3,(H2,52,67)(H2,53,68)(H2,54,71)(H,58,75)(H,59,77)(H,60,79)(H,61,72)(H,62,78)(H,63,74)(H,64,80)(H,65,73)(H,66,76)(H,69,70)(H4,55,56,57)/t26-,27-,28-,29-,30-,31-,32-,33-,34-,38-,39-/m0/s1. The van der Waals surface area contributed by atoms with E-state index in [-0.39, 0.29) is 82.1 Å². The molecule has 0 aliphatic rings. The second-order valence-electron chi connectivity index (χ2n) is 21.0. The number of carbonyl (C=O) groups is 13. The van der Waals surface area contributed by atoms with Crippen LogP contribution in [0.5, 0.6) is 0 Å². The van der Waals surface area contributed by atoms with E-state index in [0.29, 0.717) is 6.42 Å². The molecule has 30 nitrogen and oxygen atoms in total. The van der Waals surface area contributed by atoms with Crippen LogP contribution < -0.4 is 82.3 Å². The fourth-order valence-corrected chi connectivity index (χ4v) is 7.61. The largest absolute Gasteiger partial charge is 0.481 e. The van der Waals surface area contributed by atoms with Crippen molar-refractivity contribution in [2.75, 3.05) is 6.54 Å². The Hall–Kier alpha value is -7.66. The van der Waals surface area contributed by atoms with Gasteiger partial charge < -0.3 is 87.4 Å². The zero-order valence-electron chi connectivity index (χ0n) is 47.7. The molecule has 0 aromatic carbocycles. The quantitative estimate of drug-likeness (QED) is 0.0157. The number of hydrogen-bond acceptors (Lipinski definition) is 15. The summed E-state index contributed by atoms with van der Waals surface area (Å²) in [5.74, 6) is -13.0. The smallest absolute Gasteiger partial charge is 0.303 e. The molecule has 80 heavy (non-hydrogen) atoms. The Bertz CT molecular complexity index is 2190. The Kier molecular flexibility index (Phi) is 33.0. The minimum Gasteiger partial charge on any atom is -0.481 e. The van der Waals surface area contributed by atoms with Gasteiger partial charge in [-0.2, -0.15) is 0 Å². The molecule has 0 spiro atoms. The number of nitrogens with one attached hydrogen (secondary N) is 9. The van der Waals surface area contributed by atoms with Gasteiger partial charge in [0, 0.05) is 25.8 Å². The topological polar surface area (TPSA) is 519 Å². The lowest BCUT2D eigenvalue weighted by molar-refractivity contribution is -0.138. The van der Waals surface area contributed by atoms with Crippen LogP contribution in [0.3, 0.4) is 0 Å². The SMILES string of the molecule is CC[C@H](C)[C@H](NC(=O)[C@H](CCCN=C(N)N)NC(=O)[C@H](C)NC(=O)[C@H](CCC(N)=O)NC(=O)[C@H](CC(C)C)NC(=O)[C@@H](N)CCC(N)=O)C(=O)N[C@@H](CC(C)C)C(=O)N[C@@H](C)C(=O)N[C@H](C(=O)N[C@@H](CCC(=O)O)C(N)=O)C(C)C. The zero-order valence-corrected chi connectivity index (χ0v) is 47.7. The lowest BCUT2D eigenvalue weighted by Crippen LogP contribution is -2.61. The predicted molar refractivity (Wildman–Crippen MR) is 293 cm³/mol. The minimum absolute atomic E-state index is 0.0144. The molecule has 0 unspecified atom stereocenters. The number of hydrogen-bond donors (Lipinski definition) is 16. The number of rotatable bonds is 39. The lowest BCUT2D eigenvalue weighted by Gasteiger charge is -2.30. The lowest BCUT2D eigenvalue weighted by atomic mass is 9.96. The third-order valence-corrected chi connectivity index (χ3v) is 12.5. The van der Waals surface area contributed by atoms with Gasteiger partial charge in [0.25, 0.3) is 0 Å². The fraction of sp³-hybridized carbons (Fsp3) is 0.720.